The molecular formula is C12H13F3N2O3. The Morgan fingerprint density at radius 2 is 2.15 bits per heavy atom. The molecule has 1 unspecified atom stereocenters. The Morgan fingerprint density at radius 3 is 2.80 bits per heavy atom. The van der Waals surface area contributed by atoms with Gasteiger partial charge in [0.1, 0.15) is 5.75 Å². The van der Waals surface area contributed by atoms with Crippen molar-refractivity contribution in [3.8, 4) is 5.75 Å². The van der Waals surface area contributed by atoms with Gasteiger partial charge in [-0.1, -0.05) is 0 Å². The van der Waals surface area contributed by atoms with Gasteiger partial charge in [0.2, 0.25) is 0 Å². The normalized spacial score (nSPS) is 18.7. The first-order valence-electron chi connectivity index (χ1n) is 5.86. The van der Waals surface area contributed by atoms with E-state index in [4.69, 9.17) is 10.5 Å². The van der Waals surface area contributed by atoms with Gasteiger partial charge in [0.05, 0.1) is 12.3 Å². The van der Waals surface area contributed by atoms with Crippen molar-refractivity contribution in [2.75, 3.05) is 23.8 Å². The molecule has 0 fully saturated rings. The van der Waals surface area contributed by atoms with Crippen molar-refractivity contribution in [3.05, 3.63) is 18.2 Å². The minimum Gasteiger partial charge on any atom is -0.479 e. The lowest BCUT2D eigenvalue weighted by molar-refractivity contribution is -0.323. The zero-order valence-corrected chi connectivity index (χ0v) is 10.6. The maximum atomic E-state index is 12.0. The van der Waals surface area contributed by atoms with Crippen LogP contribution in [0.2, 0.25) is 0 Å². The van der Waals surface area contributed by atoms with Gasteiger partial charge < -0.3 is 15.4 Å². The summed E-state index contributed by atoms with van der Waals surface area (Å²) in [4.78, 5) is 13.2. The predicted molar refractivity (Wildman–Crippen MR) is 65.3 cm³/mol. The number of ether oxygens (including phenoxy) is 2. The quantitative estimate of drug-likeness (QED) is 0.864. The number of alkyl halides is 3. The fraction of sp³-hybridized carbons (Fsp3) is 0.417. The lowest BCUT2D eigenvalue weighted by Gasteiger charge is -2.33. The van der Waals surface area contributed by atoms with Crippen molar-refractivity contribution in [2.45, 2.75) is 19.4 Å². The topological polar surface area (TPSA) is 64.8 Å². The third kappa shape index (κ3) is 3.13. The number of benzene rings is 1. The molecule has 0 saturated heterocycles. The van der Waals surface area contributed by atoms with Crippen LogP contribution in [0.4, 0.5) is 24.5 Å². The summed E-state index contributed by atoms with van der Waals surface area (Å²) >= 11 is 0. The number of halogens is 3. The summed E-state index contributed by atoms with van der Waals surface area (Å²) in [5.74, 6) is -0.0582. The molecular weight excluding hydrogens is 277 g/mol. The number of anilines is 2. The highest BCUT2D eigenvalue weighted by Gasteiger charge is 2.33. The Bertz CT molecular complexity index is 519. The number of fused-ring (bicyclic) bond motifs is 1. The number of nitrogens with two attached hydrogens (primary N) is 1. The number of hydrogen-bond donors (Lipinski definition) is 1. The SMILES string of the molecule is CC1Oc2cc(N)ccc2N(CCOC(F)(F)F)C1=O. The average Bonchev–Trinajstić information content (AvgIpc) is 2.32. The highest BCUT2D eigenvalue weighted by atomic mass is 19.4. The van der Waals surface area contributed by atoms with Crippen molar-refractivity contribution in [2.24, 2.45) is 0 Å². The van der Waals surface area contributed by atoms with Crippen LogP contribution in [0, 0.1) is 0 Å². The van der Waals surface area contributed by atoms with Gasteiger partial charge in [-0.2, -0.15) is 0 Å². The van der Waals surface area contributed by atoms with Crippen molar-refractivity contribution in [1.82, 2.24) is 0 Å². The summed E-state index contributed by atoms with van der Waals surface area (Å²) in [7, 11) is 0. The van der Waals surface area contributed by atoms with Crippen molar-refractivity contribution in [3.63, 3.8) is 0 Å². The number of rotatable bonds is 3. The second kappa shape index (κ2) is 5.20. The molecule has 1 aromatic rings. The second-order valence-corrected chi connectivity index (χ2v) is 4.27. The van der Waals surface area contributed by atoms with Crippen LogP contribution in [0.15, 0.2) is 18.2 Å². The summed E-state index contributed by atoms with van der Waals surface area (Å²) in [5, 5.41) is 0. The van der Waals surface area contributed by atoms with E-state index in [9.17, 15) is 18.0 Å². The molecule has 1 atom stereocenters. The second-order valence-electron chi connectivity index (χ2n) is 4.27. The Labute approximate surface area is 113 Å². The first-order valence-corrected chi connectivity index (χ1v) is 5.86. The molecule has 110 valence electrons. The fourth-order valence-electron chi connectivity index (χ4n) is 1.91. The molecule has 0 saturated carbocycles. The van der Waals surface area contributed by atoms with Crippen LogP contribution in [0.25, 0.3) is 0 Å². The van der Waals surface area contributed by atoms with Crippen LogP contribution in [0.1, 0.15) is 6.92 Å². The molecule has 1 heterocycles. The van der Waals surface area contributed by atoms with Gasteiger partial charge in [-0.3, -0.25) is 9.53 Å². The molecule has 0 bridgehead atoms. The van der Waals surface area contributed by atoms with Gasteiger partial charge in [0.25, 0.3) is 5.91 Å². The van der Waals surface area contributed by atoms with E-state index in [-0.39, 0.29) is 6.54 Å². The maximum absolute atomic E-state index is 12.0. The van der Waals surface area contributed by atoms with Crippen LogP contribution in [-0.2, 0) is 9.53 Å². The van der Waals surface area contributed by atoms with E-state index in [1.165, 1.54) is 24.0 Å². The zero-order chi connectivity index (χ0) is 14.9. The molecule has 0 aromatic heterocycles. The van der Waals surface area contributed by atoms with Gasteiger partial charge >= 0.3 is 6.36 Å². The third-order valence-electron chi connectivity index (χ3n) is 2.77. The van der Waals surface area contributed by atoms with Gasteiger partial charge in [-0.05, 0) is 19.1 Å². The molecule has 0 spiro atoms. The zero-order valence-electron chi connectivity index (χ0n) is 10.6. The van der Waals surface area contributed by atoms with Gasteiger partial charge in [-0.25, -0.2) is 0 Å². The maximum Gasteiger partial charge on any atom is 0.522 e. The molecule has 8 heteroatoms. The van der Waals surface area contributed by atoms with Crippen molar-refractivity contribution < 1.29 is 27.4 Å². The number of carbonyl (C=O) groups is 1. The molecule has 5 nitrogen and oxygen atoms in total. The van der Waals surface area contributed by atoms with Crippen molar-refractivity contribution >= 4 is 17.3 Å². The summed E-state index contributed by atoms with van der Waals surface area (Å²) in [6.07, 6.45) is -5.50. The number of hydrogen-bond acceptors (Lipinski definition) is 4. The van der Waals surface area contributed by atoms with E-state index >= 15 is 0 Å². The van der Waals surface area contributed by atoms with Crippen LogP contribution < -0.4 is 15.4 Å². The molecule has 1 aromatic carbocycles. The Kier molecular flexibility index (Phi) is 3.76. The average molecular weight is 290 g/mol. The lowest BCUT2D eigenvalue weighted by Crippen LogP contribution is -2.46. The van der Waals surface area contributed by atoms with Crippen LogP contribution in [-0.4, -0.2) is 31.5 Å². The number of amides is 1. The van der Waals surface area contributed by atoms with E-state index in [1.807, 2.05) is 0 Å². The minimum atomic E-state index is -4.72. The number of nitrogen functional groups attached to an aromatic ring is 1. The van der Waals surface area contributed by atoms with Gasteiger partial charge in [0.15, 0.2) is 6.10 Å². The van der Waals surface area contributed by atoms with Crippen LogP contribution >= 0.6 is 0 Å². The Morgan fingerprint density at radius 1 is 1.45 bits per heavy atom. The molecule has 1 amide bonds. The summed E-state index contributed by atoms with van der Waals surface area (Å²) in [5.41, 5.74) is 6.43. The Hall–Kier alpha value is -1.96. The van der Waals surface area contributed by atoms with E-state index < -0.39 is 25.0 Å². The summed E-state index contributed by atoms with van der Waals surface area (Å²) < 4.78 is 45.0. The summed E-state index contributed by atoms with van der Waals surface area (Å²) in [6.45, 7) is 0.654. The summed E-state index contributed by atoms with van der Waals surface area (Å²) in [6, 6.07) is 4.60. The molecule has 1 aliphatic heterocycles. The molecule has 2 rings (SSSR count). The van der Waals surface area contributed by atoms with E-state index in [0.717, 1.165) is 0 Å². The fourth-order valence-corrected chi connectivity index (χ4v) is 1.91. The van der Waals surface area contributed by atoms with Crippen LogP contribution in [0.5, 0.6) is 5.75 Å². The lowest BCUT2D eigenvalue weighted by atomic mass is 10.1. The molecule has 0 radical (unpaired) electrons. The van der Waals surface area contributed by atoms with E-state index in [1.54, 1.807) is 6.07 Å². The highest BCUT2D eigenvalue weighted by molar-refractivity contribution is 6.00. The van der Waals surface area contributed by atoms with E-state index in [0.29, 0.717) is 17.1 Å². The number of carbonyl (C=O) groups excluding carboxylic acids is 1. The number of nitrogens with zero attached hydrogens (tertiary/aromatic N) is 1. The largest absolute Gasteiger partial charge is 0.522 e. The van der Waals surface area contributed by atoms with Gasteiger partial charge in [0, 0.05) is 18.3 Å². The first-order chi connectivity index (χ1) is 9.28. The molecule has 2 N–H and O–H groups in total. The van der Waals surface area contributed by atoms with E-state index in [2.05, 4.69) is 4.74 Å². The predicted octanol–water partition coefficient (Wildman–Crippen LogP) is 1.92. The van der Waals surface area contributed by atoms with Crippen molar-refractivity contribution in [1.29, 1.82) is 0 Å². The Balaban J connectivity index is 2.17. The molecule has 20 heavy (non-hydrogen) atoms. The van der Waals surface area contributed by atoms with Gasteiger partial charge in [-0.15, -0.1) is 13.2 Å². The highest BCUT2D eigenvalue weighted by Crippen LogP contribution is 2.35. The van der Waals surface area contributed by atoms with Crippen LogP contribution in [0.3, 0.4) is 0 Å². The first kappa shape index (κ1) is 14.4. The third-order valence-corrected chi connectivity index (χ3v) is 2.77. The molecule has 1 aliphatic rings. The standard InChI is InChI=1S/C12H13F3N2O3/c1-7-11(18)17(4-5-19-12(13,14)15)9-3-2-8(16)6-10(9)20-7/h2-3,6-7H,4-5,16H2,1H3. The minimum absolute atomic E-state index is 0.219. The molecule has 0 aliphatic carbocycles. The smallest absolute Gasteiger partial charge is 0.479 e. The monoisotopic (exact) mass is 290 g/mol.